The number of allylic oxidation sites excluding steroid dienone is 1. The molecule has 0 heterocycles. The van der Waals surface area contributed by atoms with Crippen molar-refractivity contribution in [1.82, 2.24) is 4.90 Å². The smallest absolute Gasteiger partial charge is 0.306 e. The number of aliphatic hydroxyl groups is 2. The Hall–Kier alpha value is -1.71. The number of amides is 1. The SMILES string of the molecule is CCC(=O)O[C@]1(C(=O)CO)CC[C@H]2[C@@H]3CCC4=CC(=O)CC[C@]4(C)[C@H]3[C@@H](O)C[C@@]21C.CCSC(=O)N(CC(C)C)CC(C)C. The standard InChI is InChI=1S/C24H34O6.C11H23NOS/c1-4-20(29)30-24(19(28)13-25)10-8-17-16-6-5-14-11-15(26)7-9-22(14,2)21(16)18(27)12-23(17,24)3;1-6-14-11(13)12(7-9(2)3)8-10(4)5/h11,16-18,21,25,27H,4-10,12-13H2,1-3H3;9-10H,6-8H2,1-5H3/t16-,17-,18-,21+,22-,23-,24-;/m0./s1. The quantitative estimate of drug-likeness (QED) is 0.287. The third-order valence-electron chi connectivity index (χ3n) is 10.9. The van der Waals surface area contributed by atoms with Gasteiger partial charge in [0, 0.05) is 31.3 Å². The van der Waals surface area contributed by atoms with E-state index in [0.717, 1.165) is 50.1 Å². The summed E-state index contributed by atoms with van der Waals surface area (Å²) in [6, 6.07) is 0. The van der Waals surface area contributed by atoms with E-state index in [9.17, 15) is 29.4 Å². The molecule has 0 saturated heterocycles. The third-order valence-corrected chi connectivity index (χ3v) is 11.7. The van der Waals surface area contributed by atoms with Crippen molar-refractivity contribution in [1.29, 1.82) is 0 Å². The van der Waals surface area contributed by atoms with Crippen LogP contribution < -0.4 is 0 Å². The molecule has 7 atom stereocenters. The Balaban J connectivity index is 0.000000321. The molecular formula is C35H57NO7S. The molecule has 0 spiro atoms. The molecule has 4 aliphatic carbocycles. The lowest BCUT2D eigenvalue weighted by atomic mass is 9.45. The number of thioether (sulfide) groups is 1. The van der Waals surface area contributed by atoms with E-state index in [4.69, 9.17) is 4.74 Å². The van der Waals surface area contributed by atoms with E-state index in [1.54, 1.807) is 13.0 Å². The van der Waals surface area contributed by atoms with Gasteiger partial charge in [0.05, 0.1) is 6.10 Å². The van der Waals surface area contributed by atoms with E-state index in [1.807, 2.05) is 18.7 Å². The number of esters is 1. The molecule has 0 radical (unpaired) electrons. The molecule has 2 N–H and O–H groups in total. The number of rotatable bonds is 9. The van der Waals surface area contributed by atoms with Crippen molar-refractivity contribution in [3.63, 3.8) is 0 Å². The summed E-state index contributed by atoms with van der Waals surface area (Å²) < 4.78 is 5.83. The molecule has 4 aliphatic rings. The summed E-state index contributed by atoms with van der Waals surface area (Å²) in [5, 5.41) is 21.4. The van der Waals surface area contributed by atoms with E-state index >= 15 is 0 Å². The highest BCUT2D eigenvalue weighted by Crippen LogP contribution is 2.68. The predicted molar refractivity (Wildman–Crippen MR) is 174 cm³/mol. The second-order valence-corrected chi connectivity index (χ2v) is 16.0. The highest BCUT2D eigenvalue weighted by atomic mass is 32.2. The van der Waals surface area contributed by atoms with Gasteiger partial charge in [-0.3, -0.25) is 19.2 Å². The van der Waals surface area contributed by atoms with E-state index in [1.165, 1.54) is 11.8 Å². The number of hydrogen-bond donors (Lipinski definition) is 2. The Bertz CT molecular complexity index is 1090. The number of carbonyl (C=O) groups excluding carboxylic acids is 4. The molecule has 8 nitrogen and oxygen atoms in total. The zero-order valence-corrected chi connectivity index (χ0v) is 29.1. The lowest BCUT2D eigenvalue weighted by Gasteiger charge is -2.60. The highest BCUT2D eigenvalue weighted by molar-refractivity contribution is 8.13. The van der Waals surface area contributed by atoms with Gasteiger partial charge in [-0.25, -0.2) is 0 Å². The zero-order chi connectivity index (χ0) is 33.0. The number of ether oxygens (including phenoxy) is 1. The minimum atomic E-state index is -1.37. The molecule has 0 aromatic rings. The van der Waals surface area contributed by atoms with E-state index < -0.39 is 35.5 Å². The lowest BCUT2D eigenvalue weighted by Crippen LogP contribution is -2.63. The van der Waals surface area contributed by atoms with Gasteiger partial charge >= 0.3 is 5.97 Å². The molecule has 0 bridgehead atoms. The average molecular weight is 636 g/mol. The van der Waals surface area contributed by atoms with Crippen LogP contribution in [-0.4, -0.2) is 75.0 Å². The predicted octanol–water partition coefficient (Wildman–Crippen LogP) is 6.22. The number of Topliss-reactive ketones (excluding diaryl/α,β-unsaturated/α-hetero) is 1. The number of ketones is 2. The maximum absolute atomic E-state index is 13.0. The van der Waals surface area contributed by atoms with Crippen LogP contribution in [0.15, 0.2) is 11.6 Å². The number of carbonyl (C=O) groups is 4. The van der Waals surface area contributed by atoms with Crippen LogP contribution in [0.4, 0.5) is 4.79 Å². The van der Waals surface area contributed by atoms with E-state index in [2.05, 4.69) is 34.6 Å². The summed E-state index contributed by atoms with van der Waals surface area (Å²) in [6.07, 6.45) is 5.77. The fraction of sp³-hybridized carbons (Fsp3) is 0.829. The molecule has 0 aromatic heterocycles. The minimum absolute atomic E-state index is 0.0329. The number of nitrogens with zero attached hydrogens (tertiary/aromatic N) is 1. The van der Waals surface area contributed by atoms with Crippen molar-refractivity contribution in [2.24, 2.45) is 40.4 Å². The van der Waals surface area contributed by atoms with E-state index in [-0.39, 0.29) is 40.6 Å². The summed E-state index contributed by atoms with van der Waals surface area (Å²) in [5.74, 6) is 1.61. The van der Waals surface area contributed by atoms with Crippen LogP contribution >= 0.6 is 11.8 Å². The van der Waals surface area contributed by atoms with Crippen molar-refractivity contribution in [3.8, 4) is 0 Å². The third kappa shape index (κ3) is 7.15. The Morgan fingerprint density at radius 1 is 1.05 bits per heavy atom. The van der Waals surface area contributed by atoms with Gasteiger partial charge in [0.2, 0.25) is 5.78 Å². The first-order chi connectivity index (χ1) is 20.6. The van der Waals surface area contributed by atoms with Gasteiger partial charge in [-0.15, -0.1) is 0 Å². The molecule has 3 fully saturated rings. The van der Waals surface area contributed by atoms with Crippen molar-refractivity contribution in [2.45, 2.75) is 118 Å². The summed E-state index contributed by atoms with van der Waals surface area (Å²) in [7, 11) is 0. The maximum atomic E-state index is 13.0. The van der Waals surface area contributed by atoms with Crippen molar-refractivity contribution >= 4 is 34.5 Å². The van der Waals surface area contributed by atoms with Gasteiger partial charge < -0.3 is 19.8 Å². The van der Waals surface area contributed by atoms with Crippen LogP contribution in [0.1, 0.15) is 107 Å². The molecule has 1 amide bonds. The first kappa shape index (κ1) is 36.8. The van der Waals surface area contributed by atoms with Crippen molar-refractivity contribution in [3.05, 3.63) is 11.6 Å². The fourth-order valence-corrected chi connectivity index (χ4v) is 9.65. The van der Waals surface area contributed by atoms with Crippen LogP contribution in [0.3, 0.4) is 0 Å². The monoisotopic (exact) mass is 635 g/mol. The van der Waals surface area contributed by atoms with Crippen LogP contribution in [0.2, 0.25) is 0 Å². The zero-order valence-electron chi connectivity index (χ0n) is 28.3. The topological polar surface area (TPSA) is 121 Å². The summed E-state index contributed by atoms with van der Waals surface area (Å²) in [5.41, 5.74) is -1.12. The summed E-state index contributed by atoms with van der Waals surface area (Å²) in [4.78, 5) is 51.0. The molecule has 9 heteroatoms. The fourth-order valence-electron chi connectivity index (χ4n) is 9.07. The van der Waals surface area contributed by atoms with Gasteiger partial charge in [0.15, 0.2) is 11.4 Å². The normalized spacial score (nSPS) is 34.3. The Labute approximate surface area is 269 Å². The second-order valence-electron chi connectivity index (χ2n) is 14.7. The minimum Gasteiger partial charge on any atom is -0.450 e. The van der Waals surface area contributed by atoms with Crippen LogP contribution in [0.25, 0.3) is 0 Å². The first-order valence-electron chi connectivity index (χ1n) is 16.8. The number of fused-ring (bicyclic) bond motifs is 5. The van der Waals surface area contributed by atoms with Crippen molar-refractivity contribution in [2.75, 3.05) is 25.4 Å². The van der Waals surface area contributed by atoms with Gasteiger partial charge in [-0.05, 0) is 85.4 Å². The molecule has 4 rings (SSSR count). The summed E-state index contributed by atoms with van der Waals surface area (Å²) in [6.45, 7) is 17.6. The van der Waals surface area contributed by atoms with Crippen LogP contribution in [-0.2, 0) is 19.1 Å². The molecule has 3 saturated carbocycles. The molecule has 0 aliphatic heterocycles. The largest absolute Gasteiger partial charge is 0.450 e. The molecule has 44 heavy (non-hydrogen) atoms. The number of aliphatic hydroxyl groups excluding tert-OH is 2. The lowest BCUT2D eigenvalue weighted by molar-refractivity contribution is -0.202. The van der Waals surface area contributed by atoms with Gasteiger partial charge in [0.25, 0.3) is 5.24 Å². The molecular weight excluding hydrogens is 578 g/mol. The average Bonchev–Trinajstić information content (AvgIpc) is 3.24. The molecule has 0 unspecified atom stereocenters. The first-order valence-corrected chi connectivity index (χ1v) is 17.8. The van der Waals surface area contributed by atoms with Gasteiger partial charge in [0.1, 0.15) is 6.61 Å². The maximum Gasteiger partial charge on any atom is 0.306 e. The van der Waals surface area contributed by atoms with Crippen LogP contribution in [0.5, 0.6) is 0 Å². The second kappa shape index (κ2) is 14.8. The molecule has 250 valence electrons. The Morgan fingerprint density at radius 3 is 2.23 bits per heavy atom. The van der Waals surface area contributed by atoms with E-state index in [0.29, 0.717) is 31.1 Å². The van der Waals surface area contributed by atoms with Crippen LogP contribution in [0, 0.1) is 40.4 Å². The Morgan fingerprint density at radius 2 is 1.68 bits per heavy atom. The van der Waals surface area contributed by atoms with Crippen molar-refractivity contribution < 1.29 is 34.1 Å². The Kier molecular flexibility index (Phi) is 12.4. The molecule has 0 aromatic carbocycles. The summed E-state index contributed by atoms with van der Waals surface area (Å²) >= 11 is 1.41. The van der Waals surface area contributed by atoms with Gasteiger partial charge in [-0.2, -0.15) is 0 Å². The number of hydrogen-bond acceptors (Lipinski definition) is 8. The van der Waals surface area contributed by atoms with Gasteiger partial charge in [-0.1, -0.05) is 72.7 Å². The highest BCUT2D eigenvalue weighted by Gasteiger charge is 2.70.